The van der Waals surface area contributed by atoms with E-state index in [9.17, 15) is 4.79 Å². The Morgan fingerprint density at radius 1 is 1.00 bits per heavy atom. The Bertz CT molecular complexity index is 1020. The van der Waals surface area contributed by atoms with Gasteiger partial charge < -0.3 is 9.47 Å². The van der Waals surface area contributed by atoms with Crippen LogP contribution in [0.1, 0.15) is 65.6 Å². The monoisotopic (exact) mass is 388 g/mol. The number of fused-ring (bicyclic) bond motifs is 1. The highest BCUT2D eigenvalue weighted by atomic mass is 16.2. The van der Waals surface area contributed by atoms with Crippen LogP contribution in [0.15, 0.2) is 48.7 Å². The van der Waals surface area contributed by atoms with E-state index in [0.717, 1.165) is 56.3 Å². The number of rotatable bonds is 3. The van der Waals surface area contributed by atoms with Gasteiger partial charge in [-0.05, 0) is 56.4 Å². The molecule has 5 heteroatoms. The number of amides is 1. The third-order valence-electron chi connectivity index (χ3n) is 6.47. The Kier molecular flexibility index (Phi) is 4.74. The SMILES string of the molecule is Cn1cccc1C1CCCCCN1C(=O)c1nn(-c2ccccc2)c2c1CCC2. The molecule has 0 saturated carbocycles. The summed E-state index contributed by atoms with van der Waals surface area (Å²) in [5.41, 5.74) is 5.31. The average molecular weight is 389 g/mol. The van der Waals surface area contributed by atoms with Crippen molar-refractivity contribution >= 4 is 5.91 Å². The van der Waals surface area contributed by atoms with Crippen molar-refractivity contribution in [2.75, 3.05) is 6.54 Å². The summed E-state index contributed by atoms with van der Waals surface area (Å²) in [5, 5.41) is 4.86. The second-order valence-electron chi connectivity index (χ2n) is 8.28. The molecule has 1 saturated heterocycles. The van der Waals surface area contributed by atoms with Crippen molar-refractivity contribution < 1.29 is 4.79 Å². The summed E-state index contributed by atoms with van der Waals surface area (Å²) in [6.45, 7) is 0.807. The molecule has 29 heavy (non-hydrogen) atoms. The lowest BCUT2D eigenvalue weighted by molar-refractivity contribution is 0.0667. The van der Waals surface area contributed by atoms with Crippen LogP contribution in [0.2, 0.25) is 0 Å². The molecule has 1 fully saturated rings. The second kappa shape index (κ2) is 7.54. The molecule has 5 nitrogen and oxygen atoms in total. The number of likely N-dealkylation sites (tertiary alicyclic amines) is 1. The number of carbonyl (C=O) groups is 1. The first-order valence-electron chi connectivity index (χ1n) is 10.8. The Balaban J connectivity index is 1.55. The van der Waals surface area contributed by atoms with Crippen molar-refractivity contribution in [1.82, 2.24) is 19.2 Å². The van der Waals surface area contributed by atoms with E-state index >= 15 is 0 Å². The molecule has 1 aliphatic heterocycles. The van der Waals surface area contributed by atoms with E-state index < -0.39 is 0 Å². The number of hydrogen-bond acceptors (Lipinski definition) is 2. The molecule has 1 atom stereocenters. The molecule has 0 N–H and O–H groups in total. The lowest BCUT2D eigenvalue weighted by Crippen LogP contribution is -2.36. The van der Waals surface area contributed by atoms with Gasteiger partial charge in [-0.3, -0.25) is 4.79 Å². The zero-order valence-electron chi connectivity index (χ0n) is 17.1. The van der Waals surface area contributed by atoms with E-state index in [1.165, 1.54) is 17.8 Å². The number of para-hydroxylation sites is 1. The zero-order valence-corrected chi connectivity index (χ0v) is 17.1. The minimum absolute atomic E-state index is 0.103. The number of nitrogens with zero attached hydrogens (tertiary/aromatic N) is 4. The topological polar surface area (TPSA) is 43.1 Å². The van der Waals surface area contributed by atoms with Crippen molar-refractivity contribution in [3.63, 3.8) is 0 Å². The molecule has 1 aromatic carbocycles. The van der Waals surface area contributed by atoms with Gasteiger partial charge in [0.2, 0.25) is 0 Å². The molecule has 3 heterocycles. The Labute approximate surface area is 171 Å². The summed E-state index contributed by atoms with van der Waals surface area (Å²) >= 11 is 0. The van der Waals surface area contributed by atoms with Crippen molar-refractivity contribution in [2.45, 2.75) is 51.0 Å². The summed E-state index contributed by atoms with van der Waals surface area (Å²) in [6.07, 6.45) is 9.54. The quantitative estimate of drug-likeness (QED) is 0.665. The maximum absolute atomic E-state index is 13.8. The van der Waals surface area contributed by atoms with Crippen molar-refractivity contribution in [3.05, 3.63) is 71.3 Å². The standard InChI is InChI=1S/C24H28N4O/c1-26-16-9-15-21(26)22-13-6-3-7-17-27(22)24(29)23-19-12-8-14-20(19)28(25-23)18-10-4-2-5-11-18/h2,4-5,9-11,15-16,22H,3,6-8,12-14,17H2,1H3. The first-order valence-corrected chi connectivity index (χ1v) is 10.8. The van der Waals surface area contributed by atoms with Gasteiger partial charge in [0.15, 0.2) is 5.69 Å². The molecule has 5 rings (SSSR count). The van der Waals surface area contributed by atoms with Crippen LogP contribution in [0.25, 0.3) is 5.69 Å². The van der Waals surface area contributed by atoms with Gasteiger partial charge in [0.1, 0.15) is 0 Å². The lowest BCUT2D eigenvalue weighted by atomic mass is 10.1. The van der Waals surface area contributed by atoms with E-state index in [2.05, 4.69) is 47.0 Å². The van der Waals surface area contributed by atoms with E-state index in [1.54, 1.807) is 0 Å². The highest BCUT2D eigenvalue weighted by Gasteiger charge is 2.34. The summed E-state index contributed by atoms with van der Waals surface area (Å²) in [6, 6.07) is 14.6. The fraction of sp³-hybridized carbons (Fsp3) is 0.417. The number of aromatic nitrogens is 3. The van der Waals surface area contributed by atoms with Crippen molar-refractivity contribution in [1.29, 1.82) is 0 Å². The molecular formula is C24H28N4O. The normalized spacial score (nSPS) is 19.2. The first-order chi connectivity index (χ1) is 14.2. The van der Waals surface area contributed by atoms with Gasteiger partial charge in [-0.1, -0.05) is 31.0 Å². The largest absolute Gasteiger partial charge is 0.353 e. The average Bonchev–Trinajstić information content (AvgIpc) is 3.41. The third kappa shape index (κ3) is 3.18. The van der Waals surface area contributed by atoms with Gasteiger partial charge in [-0.2, -0.15) is 5.10 Å². The van der Waals surface area contributed by atoms with Gasteiger partial charge in [-0.25, -0.2) is 4.68 Å². The van der Waals surface area contributed by atoms with Gasteiger partial charge >= 0.3 is 0 Å². The van der Waals surface area contributed by atoms with Gasteiger partial charge in [0.25, 0.3) is 5.91 Å². The Morgan fingerprint density at radius 2 is 1.86 bits per heavy atom. The Hall–Kier alpha value is -2.82. The summed E-state index contributed by atoms with van der Waals surface area (Å²) in [5.74, 6) is 0.103. The number of carbonyl (C=O) groups excluding carboxylic acids is 1. The van der Waals surface area contributed by atoms with Crippen molar-refractivity contribution in [2.24, 2.45) is 7.05 Å². The van der Waals surface area contributed by atoms with Crippen molar-refractivity contribution in [3.8, 4) is 5.69 Å². The van der Waals surface area contributed by atoms with Crippen LogP contribution in [0.4, 0.5) is 0 Å². The molecule has 2 aliphatic rings. The van der Waals surface area contributed by atoms with E-state index in [4.69, 9.17) is 5.10 Å². The van der Waals surface area contributed by atoms with Crippen LogP contribution in [0, 0.1) is 0 Å². The zero-order chi connectivity index (χ0) is 19.8. The molecular weight excluding hydrogens is 360 g/mol. The minimum Gasteiger partial charge on any atom is -0.353 e. The van der Waals surface area contributed by atoms with Crippen LogP contribution < -0.4 is 0 Å². The van der Waals surface area contributed by atoms with E-state index in [0.29, 0.717) is 5.69 Å². The van der Waals surface area contributed by atoms with Gasteiger partial charge in [0.05, 0.1) is 11.7 Å². The maximum Gasteiger partial charge on any atom is 0.275 e. The molecule has 0 bridgehead atoms. The molecule has 1 aliphatic carbocycles. The fourth-order valence-electron chi connectivity index (χ4n) is 5.01. The first kappa shape index (κ1) is 18.2. The van der Waals surface area contributed by atoms with Crippen LogP contribution in [-0.4, -0.2) is 31.7 Å². The number of benzene rings is 1. The summed E-state index contributed by atoms with van der Waals surface area (Å²) in [7, 11) is 2.07. The highest BCUT2D eigenvalue weighted by Crippen LogP contribution is 2.34. The summed E-state index contributed by atoms with van der Waals surface area (Å²) in [4.78, 5) is 15.9. The fourth-order valence-corrected chi connectivity index (χ4v) is 5.01. The second-order valence-corrected chi connectivity index (χ2v) is 8.28. The predicted molar refractivity (Wildman–Crippen MR) is 113 cm³/mol. The van der Waals surface area contributed by atoms with Crippen LogP contribution >= 0.6 is 0 Å². The maximum atomic E-state index is 13.8. The molecule has 0 radical (unpaired) electrons. The lowest BCUT2D eigenvalue weighted by Gasteiger charge is -2.30. The highest BCUT2D eigenvalue weighted by molar-refractivity contribution is 5.94. The molecule has 3 aromatic rings. The van der Waals surface area contributed by atoms with E-state index in [1.807, 2.05) is 22.9 Å². The smallest absolute Gasteiger partial charge is 0.275 e. The van der Waals surface area contributed by atoms with Crippen LogP contribution in [0.5, 0.6) is 0 Å². The molecule has 150 valence electrons. The number of aryl methyl sites for hydroxylation is 1. The van der Waals surface area contributed by atoms with Crippen LogP contribution in [-0.2, 0) is 19.9 Å². The molecule has 1 amide bonds. The minimum atomic E-state index is 0.103. The van der Waals surface area contributed by atoms with E-state index in [-0.39, 0.29) is 11.9 Å². The summed E-state index contributed by atoms with van der Waals surface area (Å²) < 4.78 is 4.16. The Morgan fingerprint density at radius 3 is 2.66 bits per heavy atom. The van der Waals surface area contributed by atoms with Gasteiger partial charge in [-0.15, -0.1) is 0 Å². The molecule has 0 spiro atoms. The molecule has 2 aromatic heterocycles. The predicted octanol–water partition coefficient (Wildman–Crippen LogP) is 4.46. The third-order valence-corrected chi connectivity index (χ3v) is 6.47. The van der Waals surface area contributed by atoms with Gasteiger partial charge in [0, 0.05) is 36.7 Å². The number of hydrogen-bond donors (Lipinski definition) is 0. The van der Waals surface area contributed by atoms with Crippen LogP contribution in [0.3, 0.4) is 0 Å². The molecule has 1 unspecified atom stereocenters.